The lowest BCUT2D eigenvalue weighted by Gasteiger charge is -2.14. The van der Waals surface area contributed by atoms with E-state index < -0.39 is 0 Å². The molecule has 3 rings (SSSR count). The van der Waals surface area contributed by atoms with Crippen molar-refractivity contribution >= 4 is 16.8 Å². The Labute approximate surface area is 94.1 Å². The van der Waals surface area contributed by atoms with E-state index >= 15 is 0 Å². The number of hydrogen-bond donors (Lipinski definition) is 1. The number of rotatable bonds is 1. The maximum atomic E-state index is 12.1. The maximum Gasteiger partial charge on any atom is 0.253 e. The van der Waals surface area contributed by atoms with Crippen LogP contribution in [0, 0.1) is 0 Å². The molecule has 0 unspecified atom stereocenters. The third-order valence-corrected chi connectivity index (χ3v) is 3.19. The molecular weight excluding hydrogens is 200 g/mol. The number of likely N-dealkylation sites (tertiary alicyclic amines) is 1. The van der Waals surface area contributed by atoms with Crippen molar-refractivity contribution in [3.05, 3.63) is 36.0 Å². The summed E-state index contributed by atoms with van der Waals surface area (Å²) < 4.78 is 0. The van der Waals surface area contributed by atoms with Gasteiger partial charge in [0.15, 0.2) is 0 Å². The van der Waals surface area contributed by atoms with Crippen LogP contribution >= 0.6 is 0 Å². The number of nitrogens with one attached hydrogen (secondary N) is 1. The molecule has 2 aromatic rings. The topological polar surface area (TPSA) is 36.1 Å². The van der Waals surface area contributed by atoms with E-state index in [1.165, 1.54) is 0 Å². The zero-order chi connectivity index (χ0) is 11.0. The molecule has 3 heteroatoms. The highest BCUT2D eigenvalue weighted by Gasteiger charge is 2.19. The molecule has 16 heavy (non-hydrogen) atoms. The molecule has 0 radical (unpaired) electrons. The molecule has 82 valence electrons. The van der Waals surface area contributed by atoms with E-state index in [2.05, 4.69) is 4.98 Å². The second-order valence-corrected chi connectivity index (χ2v) is 4.28. The maximum absolute atomic E-state index is 12.1. The Kier molecular flexibility index (Phi) is 2.17. The van der Waals surface area contributed by atoms with Crippen molar-refractivity contribution in [1.82, 2.24) is 9.88 Å². The first-order chi connectivity index (χ1) is 7.84. The fourth-order valence-corrected chi connectivity index (χ4v) is 2.29. The molecule has 1 aromatic heterocycles. The van der Waals surface area contributed by atoms with Gasteiger partial charge in [-0.1, -0.05) is 0 Å². The van der Waals surface area contributed by atoms with Gasteiger partial charge in [-0.2, -0.15) is 0 Å². The van der Waals surface area contributed by atoms with Crippen molar-refractivity contribution in [2.45, 2.75) is 12.8 Å². The second kappa shape index (κ2) is 3.67. The number of carbonyl (C=O) groups excluding carboxylic acids is 1. The average molecular weight is 214 g/mol. The van der Waals surface area contributed by atoms with Gasteiger partial charge in [-0.3, -0.25) is 4.79 Å². The number of hydrogen-bond acceptors (Lipinski definition) is 1. The molecule has 1 aromatic carbocycles. The molecule has 1 amide bonds. The lowest BCUT2D eigenvalue weighted by Crippen LogP contribution is -2.27. The Morgan fingerprint density at radius 1 is 1.19 bits per heavy atom. The van der Waals surface area contributed by atoms with Crippen LogP contribution in [0.4, 0.5) is 0 Å². The smallest absolute Gasteiger partial charge is 0.253 e. The fraction of sp³-hybridized carbons (Fsp3) is 0.308. The van der Waals surface area contributed by atoms with E-state index in [0.29, 0.717) is 0 Å². The number of amides is 1. The fourth-order valence-electron chi connectivity index (χ4n) is 2.29. The van der Waals surface area contributed by atoms with Crippen LogP contribution in [0.3, 0.4) is 0 Å². The average Bonchev–Trinajstić information content (AvgIpc) is 2.98. The Morgan fingerprint density at radius 3 is 2.81 bits per heavy atom. The van der Waals surface area contributed by atoms with Crippen LogP contribution in [0.15, 0.2) is 30.5 Å². The number of benzene rings is 1. The summed E-state index contributed by atoms with van der Waals surface area (Å²) in [6, 6.07) is 7.83. The predicted octanol–water partition coefficient (Wildman–Crippen LogP) is 2.40. The quantitative estimate of drug-likeness (QED) is 0.777. The van der Waals surface area contributed by atoms with Gasteiger partial charge < -0.3 is 9.88 Å². The number of carbonyl (C=O) groups is 1. The second-order valence-electron chi connectivity index (χ2n) is 4.28. The van der Waals surface area contributed by atoms with Crippen LogP contribution in [0.2, 0.25) is 0 Å². The number of H-pyrrole nitrogens is 1. The van der Waals surface area contributed by atoms with E-state index in [9.17, 15) is 4.79 Å². The van der Waals surface area contributed by atoms with Crippen molar-refractivity contribution in [3.8, 4) is 0 Å². The first-order valence-corrected chi connectivity index (χ1v) is 5.71. The van der Waals surface area contributed by atoms with Crippen molar-refractivity contribution in [3.63, 3.8) is 0 Å². The Bertz CT molecular complexity index is 523. The summed E-state index contributed by atoms with van der Waals surface area (Å²) in [5.74, 6) is 0.167. The van der Waals surface area contributed by atoms with Gasteiger partial charge in [-0.05, 0) is 37.1 Å². The molecule has 1 fully saturated rings. The van der Waals surface area contributed by atoms with E-state index in [4.69, 9.17) is 0 Å². The van der Waals surface area contributed by atoms with E-state index in [-0.39, 0.29) is 5.91 Å². The molecular formula is C13H14N2O. The predicted molar refractivity (Wildman–Crippen MR) is 63.4 cm³/mol. The highest BCUT2D eigenvalue weighted by molar-refractivity contribution is 5.98. The zero-order valence-electron chi connectivity index (χ0n) is 9.07. The molecule has 1 saturated heterocycles. The van der Waals surface area contributed by atoms with Crippen LogP contribution in [-0.2, 0) is 0 Å². The molecule has 1 N–H and O–H groups in total. The molecule has 2 heterocycles. The standard InChI is InChI=1S/C13H14N2O/c16-13(15-7-1-2-8-15)11-3-4-12-10(9-11)5-6-14-12/h3-6,9,14H,1-2,7-8H2. The van der Waals surface area contributed by atoms with Gasteiger partial charge in [0, 0.05) is 35.8 Å². The van der Waals surface area contributed by atoms with Gasteiger partial charge in [-0.15, -0.1) is 0 Å². The van der Waals surface area contributed by atoms with Gasteiger partial charge in [0.05, 0.1) is 0 Å². The summed E-state index contributed by atoms with van der Waals surface area (Å²) in [5.41, 5.74) is 1.88. The highest BCUT2D eigenvalue weighted by Crippen LogP contribution is 2.17. The summed E-state index contributed by atoms with van der Waals surface area (Å²) in [5, 5.41) is 1.10. The molecule has 0 spiro atoms. The van der Waals surface area contributed by atoms with E-state index in [1.807, 2.05) is 35.4 Å². The van der Waals surface area contributed by atoms with Crippen molar-refractivity contribution in [2.24, 2.45) is 0 Å². The minimum absolute atomic E-state index is 0.167. The molecule has 0 atom stereocenters. The van der Waals surface area contributed by atoms with Crippen molar-refractivity contribution in [1.29, 1.82) is 0 Å². The first kappa shape index (κ1) is 9.46. The Morgan fingerprint density at radius 2 is 2.00 bits per heavy atom. The van der Waals surface area contributed by atoms with Crippen LogP contribution in [-0.4, -0.2) is 28.9 Å². The normalized spacial score (nSPS) is 15.9. The first-order valence-electron chi connectivity index (χ1n) is 5.71. The number of fused-ring (bicyclic) bond motifs is 1. The third kappa shape index (κ3) is 1.48. The largest absolute Gasteiger partial charge is 0.361 e. The molecule has 1 aliphatic heterocycles. The van der Waals surface area contributed by atoms with Crippen LogP contribution in [0.5, 0.6) is 0 Å². The Balaban J connectivity index is 1.95. The SMILES string of the molecule is O=C(c1ccc2[nH]ccc2c1)N1CCCC1. The lowest BCUT2D eigenvalue weighted by molar-refractivity contribution is 0.0793. The summed E-state index contributed by atoms with van der Waals surface area (Å²) in [6.45, 7) is 1.81. The molecule has 0 saturated carbocycles. The summed E-state index contributed by atoms with van der Waals surface area (Å²) in [4.78, 5) is 17.2. The lowest BCUT2D eigenvalue weighted by atomic mass is 10.1. The molecule has 3 nitrogen and oxygen atoms in total. The van der Waals surface area contributed by atoms with Gasteiger partial charge in [0.2, 0.25) is 0 Å². The summed E-state index contributed by atoms with van der Waals surface area (Å²) in [7, 11) is 0. The van der Waals surface area contributed by atoms with Gasteiger partial charge >= 0.3 is 0 Å². The van der Waals surface area contributed by atoms with Gasteiger partial charge in [0.25, 0.3) is 5.91 Å². The van der Waals surface area contributed by atoms with E-state index in [1.54, 1.807) is 0 Å². The monoisotopic (exact) mass is 214 g/mol. The Hall–Kier alpha value is -1.77. The molecule has 0 bridgehead atoms. The van der Waals surface area contributed by atoms with Crippen molar-refractivity contribution < 1.29 is 4.79 Å². The number of aromatic amines is 1. The summed E-state index contributed by atoms with van der Waals surface area (Å²) in [6.07, 6.45) is 4.17. The van der Waals surface area contributed by atoms with Gasteiger partial charge in [0.1, 0.15) is 0 Å². The zero-order valence-corrected chi connectivity index (χ0v) is 9.07. The van der Waals surface area contributed by atoms with Crippen LogP contribution < -0.4 is 0 Å². The van der Waals surface area contributed by atoms with Crippen molar-refractivity contribution in [2.75, 3.05) is 13.1 Å². The minimum Gasteiger partial charge on any atom is -0.361 e. The highest BCUT2D eigenvalue weighted by atomic mass is 16.2. The summed E-state index contributed by atoms with van der Waals surface area (Å²) >= 11 is 0. The molecule has 1 aliphatic rings. The van der Waals surface area contributed by atoms with Gasteiger partial charge in [-0.25, -0.2) is 0 Å². The van der Waals surface area contributed by atoms with Crippen LogP contribution in [0.1, 0.15) is 23.2 Å². The third-order valence-electron chi connectivity index (χ3n) is 3.19. The van der Waals surface area contributed by atoms with Crippen LogP contribution in [0.25, 0.3) is 10.9 Å². The van der Waals surface area contributed by atoms with E-state index in [0.717, 1.165) is 42.4 Å². The number of aromatic nitrogens is 1. The minimum atomic E-state index is 0.167. The number of nitrogens with zero attached hydrogens (tertiary/aromatic N) is 1. The molecule has 0 aliphatic carbocycles.